The van der Waals surface area contributed by atoms with E-state index in [0.29, 0.717) is 65.8 Å². The summed E-state index contributed by atoms with van der Waals surface area (Å²) in [6.07, 6.45) is 10.3. The highest BCUT2D eigenvalue weighted by Crippen LogP contribution is 2.63. The lowest BCUT2D eigenvalue weighted by Crippen LogP contribution is -2.60. The SMILES string of the molecule is NC(CNC(=O)C1(c2ccc(Cl)cc2F)CC1)C1C2CC3CC1CC(C(=O)Cc1ccncc1)(C3)C2. The first-order valence-corrected chi connectivity index (χ1v) is 13.6. The number of ketones is 1. The highest BCUT2D eigenvalue weighted by Gasteiger charge is 2.59. The summed E-state index contributed by atoms with van der Waals surface area (Å²) in [6, 6.07) is 8.24. The van der Waals surface area contributed by atoms with Crippen LogP contribution < -0.4 is 11.1 Å². The van der Waals surface area contributed by atoms with Gasteiger partial charge < -0.3 is 11.1 Å². The van der Waals surface area contributed by atoms with Gasteiger partial charge in [0, 0.05) is 47.4 Å². The van der Waals surface area contributed by atoms with Gasteiger partial charge in [-0.15, -0.1) is 0 Å². The molecule has 5 saturated carbocycles. The van der Waals surface area contributed by atoms with Crippen molar-refractivity contribution in [1.82, 2.24) is 10.3 Å². The van der Waals surface area contributed by atoms with Crippen LogP contribution in [0.5, 0.6) is 0 Å². The maximum atomic E-state index is 14.6. The van der Waals surface area contributed by atoms with Gasteiger partial charge in [-0.1, -0.05) is 17.7 Å². The Morgan fingerprint density at radius 1 is 1.11 bits per heavy atom. The molecule has 4 bridgehead atoms. The maximum Gasteiger partial charge on any atom is 0.230 e. The fourth-order valence-electron chi connectivity index (χ4n) is 8.11. The van der Waals surface area contributed by atoms with Crippen LogP contribution in [0.25, 0.3) is 0 Å². The van der Waals surface area contributed by atoms with Crippen molar-refractivity contribution in [2.75, 3.05) is 6.54 Å². The second kappa shape index (κ2) is 8.91. The molecule has 5 fully saturated rings. The van der Waals surface area contributed by atoms with Crippen LogP contribution in [0, 0.1) is 34.9 Å². The predicted octanol–water partition coefficient (Wildman–Crippen LogP) is 4.60. The van der Waals surface area contributed by atoms with E-state index in [1.54, 1.807) is 24.5 Å². The molecule has 7 rings (SSSR count). The average molecular weight is 510 g/mol. The Hall–Kier alpha value is -2.31. The summed E-state index contributed by atoms with van der Waals surface area (Å²) >= 11 is 5.90. The quantitative estimate of drug-likeness (QED) is 0.544. The summed E-state index contributed by atoms with van der Waals surface area (Å²) in [5.41, 5.74) is 7.18. The number of hydrogen-bond acceptors (Lipinski definition) is 4. The third-order valence-electron chi connectivity index (χ3n) is 9.68. The number of hydrogen-bond donors (Lipinski definition) is 2. The van der Waals surface area contributed by atoms with Gasteiger partial charge in [-0.25, -0.2) is 4.39 Å². The van der Waals surface area contributed by atoms with Gasteiger partial charge in [0.15, 0.2) is 0 Å². The van der Waals surface area contributed by atoms with E-state index >= 15 is 0 Å². The topological polar surface area (TPSA) is 85.1 Å². The standard InChI is InChI=1S/C29H33ClFN3O2/c30-21-1-2-22(23(31)12-21)29(5-6-29)27(36)34-16-24(32)26-19-9-18-10-20(26)15-28(13-18,14-19)25(35)11-17-3-7-33-8-4-17/h1-4,7-8,12,18-20,24,26H,5-6,9-11,13-16,32H2,(H,34,36). The number of halogens is 2. The molecule has 5 aliphatic rings. The van der Waals surface area contributed by atoms with E-state index in [1.807, 2.05) is 12.1 Å². The summed E-state index contributed by atoms with van der Waals surface area (Å²) < 4.78 is 14.6. The summed E-state index contributed by atoms with van der Waals surface area (Å²) in [5.74, 6) is 1.56. The number of amides is 1. The minimum absolute atomic E-state index is 0.146. The number of benzene rings is 1. The fraction of sp³-hybridized carbons (Fsp3) is 0.552. The molecule has 3 atom stereocenters. The second-order valence-corrected chi connectivity index (χ2v) is 12.3. The molecular weight excluding hydrogens is 477 g/mol. The van der Waals surface area contributed by atoms with E-state index in [1.165, 1.54) is 6.07 Å². The normalized spacial score (nSPS) is 32.2. The Morgan fingerprint density at radius 2 is 1.81 bits per heavy atom. The number of carbonyl (C=O) groups is 2. The smallest absolute Gasteiger partial charge is 0.230 e. The number of nitrogens with one attached hydrogen (secondary N) is 1. The molecule has 0 radical (unpaired) electrons. The first-order chi connectivity index (χ1) is 17.3. The minimum Gasteiger partial charge on any atom is -0.354 e. The van der Waals surface area contributed by atoms with Gasteiger partial charge in [0.05, 0.1) is 5.41 Å². The maximum absolute atomic E-state index is 14.6. The summed E-state index contributed by atoms with van der Waals surface area (Å²) in [7, 11) is 0. The van der Waals surface area contributed by atoms with E-state index in [4.69, 9.17) is 17.3 Å². The second-order valence-electron chi connectivity index (χ2n) is 11.9. The van der Waals surface area contributed by atoms with Crippen molar-refractivity contribution in [3.8, 4) is 0 Å². The molecule has 7 heteroatoms. The molecule has 1 heterocycles. The number of carbonyl (C=O) groups excluding carboxylic acids is 2. The third-order valence-corrected chi connectivity index (χ3v) is 9.91. The van der Waals surface area contributed by atoms with Crippen LogP contribution in [0.4, 0.5) is 4.39 Å². The zero-order valence-electron chi connectivity index (χ0n) is 20.4. The van der Waals surface area contributed by atoms with Crippen molar-refractivity contribution in [3.05, 3.63) is 64.7 Å². The molecule has 1 aromatic heterocycles. The molecule has 190 valence electrons. The molecule has 1 aromatic carbocycles. The van der Waals surface area contributed by atoms with E-state index in [0.717, 1.165) is 37.7 Å². The number of pyridine rings is 1. The van der Waals surface area contributed by atoms with Crippen molar-refractivity contribution >= 4 is 23.3 Å². The molecule has 0 aliphatic heterocycles. The Bertz CT molecular complexity index is 1170. The fourth-order valence-corrected chi connectivity index (χ4v) is 8.27. The lowest BCUT2D eigenvalue weighted by molar-refractivity contribution is -0.151. The Labute approximate surface area is 216 Å². The number of aromatic nitrogens is 1. The number of rotatable bonds is 8. The van der Waals surface area contributed by atoms with Gasteiger partial charge in [-0.2, -0.15) is 0 Å². The first-order valence-electron chi connectivity index (χ1n) is 13.2. The third kappa shape index (κ3) is 4.06. The Kier molecular flexibility index (Phi) is 5.95. The molecule has 3 unspecified atom stereocenters. The highest BCUT2D eigenvalue weighted by atomic mass is 35.5. The van der Waals surface area contributed by atoms with Crippen LogP contribution in [-0.4, -0.2) is 29.3 Å². The molecule has 2 aromatic rings. The van der Waals surface area contributed by atoms with Gasteiger partial charge in [0.2, 0.25) is 5.91 Å². The van der Waals surface area contributed by atoms with Crippen LogP contribution >= 0.6 is 11.6 Å². The van der Waals surface area contributed by atoms with Crippen LogP contribution in [0.15, 0.2) is 42.7 Å². The van der Waals surface area contributed by atoms with Crippen LogP contribution in [0.3, 0.4) is 0 Å². The molecular formula is C29H33ClFN3O2. The average Bonchev–Trinajstić information content (AvgIpc) is 3.64. The Morgan fingerprint density at radius 3 is 2.44 bits per heavy atom. The van der Waals surface area contributed by atoms with E-state index in [9.17, 15) is 14.0 Å². The minimum atomic E-state index is -0.804. The molecule has 5 nitrogen and oxygen atoms in total. The zero-order chi connectivity index (χ0) is 25.1. The van der Waals surface area contributed by atoms with E-state index < -0.39 is 11.2 Å². The van der Waals surface area contributed by atoms with E-state index in [-0.39, 0.29) is 17.4 Å². The van der Waals surface area contributed by atoms with Crippen LogP contribution in [-0.2, 0) is 21.4 Å². The van der Waals surface area contributed by atoms with Gasteiger partial charge in [-0.05, 0) is 98.4 Å². The predicted molar refractivity (Wildman–Crippen MR) is 136 cm³/mol. The highest BCUT2D eigenvalue weighted by molar-refractivity contribution is 6.30. The van der Waals surface area contributed by atoms with Crippen molar-refractivity contribution in [1.29, 1.82) is 0 Å². The van der Waals surface area contributed by atoms with Crippen molar-refractivity contribution in [3.63, 3.8) is 0 Å². The number of nitrogens with two attached hydrogens (primary N) is 1. The molecule has 3 N–H and O–H groups in total. The lowest BCUT2D eigenvalue weighted by atomic mass is 9.44. The van der Waals surface area contributed by atoms with Crippen molar-refractivity contribution < 1.29 is 14.0 Å². The van der Waals surface area contributed by atoms with Crippen molar-refractivity contribution in [2.24, 2.45) is 34.8 Å². The largest absolute Gasteiger partial charge is 0.354 e. The summed E-state index contributed by atoms with van der Waals surface area (Å²) in [6.45, 7) is 0.385. The van der Waals surface area contributed by atoms with E-state index in [2.05, 4.69) is 10.3 Å². The van der Waals surface area contributed by atoms with Gasteiger partial charge in [0.25, 0.3) is 0 Å². The zero-order valence-corrected chi connectivity index (χ0v) is 21.1. The number of nitrogens with zero attached hydrogens (tertiary/aromatic N) is 1. The summed E-state index contributed by atoms with van der Waals surface area (Å²) in [5, 5.41) is 3.39. The molecule has 36 heavy (non-hydrogen) atoms. The molecule has 0 spiro atoms. The first kappa shape index (κ1) is 24.1. The Balaban J connectivity index is 1.11. The van der Waals surface area contributed by atoms with Crippen LogP contribution in [0.2, 0.25) is 5.02 Å². The molecule has 5 aliphatic carbocycles. The number of Topliss-reactive ketones (excluding diaryl/α,β-unsaturated/α-hetero) is 1. The van der Waals surface area contributed by atoms with Gasteiger partial charge >= 0.3 is 0 Å². The van der Waals surface area contributed by atoms with Gasteiger partial charge in [-0.3, -0.25) is 14.6 Å². The molecule has 1 amide bonds. The lowest BCUT2D eigenvalue weighted by Gasteiger charge is -2.60. The summed E-state index contributed by atoms with van der Waals surface area (Å²) in [4.78, 5) is 30.7. The van der Waals surface area contributed by atoms with Crippen LogP contribution in [0.1, 0.15) is 56.1 Å². The monoisotopic (exact) mass is 509 g/mol. The van der Waals surface area contributed by atoms with Crippen molar-refractivity contribution in [2.45, 2.75) is 62.8 Å². The van der Waals surface area contributed by atoms with Gasteiger partial charge in [0.1, 0.15) is 11.6 Å². The molecule has 0 saturated heterocycles.